The third-order valence-corrected chi connectivity index (χ3v) is 4.95. The lowest BCUT2D eigenvalue weighted by atomic mass is 10.2. The number of carbonyl (C=O) groups is 1. The molecule has 0 radical (unpaired) electrons. The van der Waals surface area contributed by atoms with Crippen molar-refractivity contribution in [2.24, 2.45) is 0 Å². The van der Waals surface area contributed by atoms with Crippen LogP contribution < -0.4 is 5.32 Å². The molecule has 0 unspecified atom stereocenters. The summed E-state index contributed by atoms with van der Waals surface area (Å²) in [4.78, 5) is 17.9. The lowest BCUT2D eigenvalue weighted by molar-refractivity contribution is 0.103. The van der Waals surface area contributed by atoms with Gasteiger partial charge in [-0.15, -0.1) is 22.7 Å². The van der Waals surface area contributed by atoms with Crippen LogP contribution in [0.4, 0.5) is 5.13 Å². The summed E-state index contributed by atoms with van der Waals surface area (Å²) in [5.41, 5.74) is 0. The molecule has 17 heavy (non-hydrogen) atoms. The maximum atomic E-state index is 11.9. The molecule has 2 heterocycles. The summed E-state index contributed by atoms with van der Waals surface area (Å²) < 4.78 is 0.949. The van der Waals surface area contributed by atoms with Gasteiger partial charge in [-0.3, -0.25) is 10.1 Å². The monoisotopic (exact) mass is 330 g/mol. The fraction of sp³-hybridized carbons (Fsp3) is 0.273. The highest BCUT2D eigenvalue weighted by Crippen LogP contribution is 2.27. The van der Waals surface area contributed by atoms with E-state index in [2.05, 4.69) is 40.1 Å². The molecule has 0 aliphatic heterocycles. The molecule has 2 aromatic heterocycles. The Morgan fingerprint density at radius 1 is 1.41 bits per heavy atom. The Morgan fingerprint density at radius 2 is 2.18 bits per heavy atom. The molecular weight excluding hydrogens is 320 g/mol. The van der Waals surface area contributed by atoms with Crippen molar-refractivity contribution < 1.29 is 4.79 Å². The number of aromatic nitrogens is 1. The third-order valence-electron chi connectivity index (χ3n) is 2.11. The minimum Gasteiger partial charge on any atom is -0.297 e. The van der Waals surface area contributed by atoms with Crippen LogP contribution in [0.3, 0.4) is 0 Å². The molecule has 3 nitrogen and oxygen atoms in total. The number of hydrogen-bond acceptors (Lipinski definition) is 4. The average Bonchev–Trinajstić information content (AvgIpc) is 2.86. The van der Waals surface area contributed by atoms with Crippen molar-refractivity contribution in [2.75, 3.05) is 5.32 Å². The first-order valence-corrected chi connectivity index (χ1v) is 7.51. The molecule has 0 aromatic carbocycles. The molecule has 0 spiro atoms. The number of amides is 1. The van der Waals surface area contributed by atoms with Gasteiger partial charge in [0.2, 0.25) is 0 Å². The number of rotatable bonds is 3. The third kappa shape index (κ3) is 3.14. The van der Waals surface area contributed by atoms with E-state index in [0.717, 1.165) is 3.79 Å². The molecule has 1 N–H and O–H groups in total. The van der Waals surface area contributed by atoms with Crippen molar-refractivity contribution in [1.82, 2.24) is 4.98 Å². The summed E-state index contributed by atoms with van der Waals surface area (Å²) in [6.07, 6.45) is 1.81. The lowest BCUT2D eigenvalue weighted by Gasteiger charge is -1.98. The number of halogens is 1. The number of thiazole rings is 1. The molecule has 90 valence electrons. The van der Waals surface area contributed by atoms with Gasteiger partial charge in [-0.05, 0) is 34.0 Å². The average molecular weight is 331 g/mol. The van der Waals surface area contributed by atoms with Crippen LogP contribution in [0, 0.1) is 0 Å². The van der Waals surface area contributed by atoms with Crippen molar-refractivity contribution in [3.8, 4) is 0 Å². The zero-order chi connectivity index (χ0) is 12.4. The largest absolute Gasteiger partial charge is 0.297 e. The minimum absolute atomic E-state index is 0.106. The van der Waals surface area contributed by atoms with Gasteiger partial charge in [-0.1, -0.05) is 13.8 Å². The molecule has 2 aromatic rings. The van der Waals surface area contributed by atoms with Gasteiger partial charge in [-0.2, -0.15) is 0 Å². The van der Waals surface area contributed by atoms with Crippen LogP contribution in [0.2, 0.25) is 0 Å². The summed E-state index contributed by atoms with van der Waals surface area (Å²) in [6.45, 7) is 4.21. The minimum atomic E-state index is -0.106. The maximum Gasteiger partial charge on any atom is 0.267 e. The number of anilines is 1. The second-order valence-corrected chi connectivity index (χ2v) is 7.31. The zero-order valence-electron chi connectivity index (χ0n) is 9.36. The summed E-state index contributed by atoms with van der Waals surface area (Å²) in [6, 6.07) is 3.65. The highest BCUT2D eigenvalue weighted by molar-refractivity contribution is 9.11. The smallest absolute Gasteiger partial charge is 0.267 e. The van der Waals surface area contributed by atoms with Crippen LogP contribution in [0.15, 0.2) is 22.1 Å². The fourth-order valence-corrected chi connectivity index (χ4v) is 3.30. The summed E-state index contributed by atoms with van der Waals surface area (Å²) >= 11 is 6.26. The quantitative estimate of drug-likeness (QED) is 0.909. The second-order valence-electron chi connectivity index (χ2n) is 3.78. The Bertz CT molecular complexity index is 533. The number of hydrogen-bond donors (Lipinski definition) is 1. The van der Waals surface area contributed by atoms with E-state index in [4.69, 9.17) is 0 Å². The van der Waals surface area contributed by atoms with Crippen molar-refractivity contribution >= 4 is 49.6 Å². The number of thiophene rings is 1. The van der Waals surface area contributed by atoms with Gasteiger partial charge in [0.1, 0.15) is 0 Å². The maximum absolute atomic E-state index is 11.9. The van der Waals surface area contributed by atoms with Gasteiger partial charge in [0.05, 0.1) is 8.66 Å². The topological polar surface area (TPSA) is 42.0 Å². The van der Waals surface area contributed by atoms with Gasteiger partial charge in [0.25, 0.3) is 5.91 Å². The Kier molecular flexibility index (Phi) is 3.96. The van der Waals surface area contributed by atoms with E-state index in [0.29, 0.717) is 15.9 Å². The van der Waals surface area contributed by atoms with E-state index in [1.165, 1.54) is 27.6 Å². The molecule has 0 aliphatic carbocycles. The van der Waals surface area contributed by atoms with Crippen LogP contribution in [0.25, 0.3) is 0 Å². The van der Waals surface area contributed by atoms with E-state index in [9.17, 15) is 4.79 Å². The molecule has 0 fully saturated rings. The Labute approximate surface area is 116 Å². The predicted octanol–water partition coefficient (Wildman–Crippen LogP) is 4.34. The van der Waals surface area contributed by atoms with Crippen molar-refractivity contribution in [3.05, 3.63) is 31.9 Å². The molecule has 0 atom stereocenters. The number of nitrogens with one attached hydrogen (secondary N) is 1. The van der Waals surface area contributed by atoms with Gasteiger partial charge in [0, 0.05) is 11.1 Å². The van der Waals surface area contributed by atoms with Crippen molar-refractivity contribution in [2.45, 2.75) is 19.8 Å². The van der Waals surface area contributed by atoms with Gasteiger partial charge in [-0.25, -0.2) is 4.98 Å². The predicted molar refractivity (Wildman–Crippen MR) is 76.2 cm³/mol. The van der Waals surface area contributed by atoms with Gasteiger partial charge in [0.15, 0.2) is 5.13 Å². The number of nitrogens with zero attached hydrogens (tertiary/aromatic N) is 1. The lowest BCUT2D eigenvalue weighted by Crippen LogP contribution is -2.09. The highest BCUT2D eigenvalue weighted by atomic mass is 79.9. The molecule has 0 aliphatic rings. The first-order chi connectivity index (χ1) is 8.06. The zero-order valence-corrected chi connectivity index (χ0v) is 12.6. The first-order valence-electron chi connectivity index (χ1n) is 5.08. The van der Waals surface area contributed by atoms with E-state index >= 15 is 0 Å². The van der Waals surface area contributed by atoms with Gasteiger partial charge < -0.3 is 0 Å². The van der Waals surface area contributed by atoms with Crippen LogP contribution in [-0.2, 0) is 0 Å². The molecule has 0 bridgehead atoms. The van der Waals surface area contributed by atoms with Crippen LogP contribution >= 0.6 is 38.6 Å². The number of carbonyl (C=O) groups excluding carboxylic acids is 1. The Hall–Kier alpha value is -0.720. The van der Waals surface area contributed by atoms with Crippen LogP contribution in [0.5, 0.6) is 0 Å². The molecule has 0 saturated carbocycles. The van der Waals surface area contributed by atoms with Crippen LogP contribution in [0.1, 0.15) is 34.3 Å². The van der Waals surface area contributed by atoms with E-state index in [1.54, 1.807) is 6.07 Å². The summed E-state index contributed by atoms with van der Waals surface area (Å²) in [7, 11) is 0. The molecule has 6 heteroatoms. The summed E-state index contributed by atoms with van der Waals surface area (Å²) in [5.74, 6) is 0.333. The molecular formula is C11H11BrN2OS2. The standard InChI is InChI=1S/C11H11BrN2OS2/c1-6(2)8-5-13-11(17-8)14-10(15)7-3-4-9(12)16-7/h3-6H,1-2H3,(H,13,14,15). The van der Waals surface area contributed by atoms with E-state index in [1.807, 2.05) is 12.3 Å². The molecule has 1 amide bonds. The Balaban J connectivity index is 2.07. The SMILES string of the molecule is CC(C)c1cnc(NC(=O)c2ccc(Br)s2)s1. The second kappa shape index (κ2) is 5.29. The van der Waals surface area contributed by atoms with E-state index < -0.39 is 0 Å². The highest BCUT2D eigenvalue weighted by Gasteiger charge is 2.12. The van der Waals surface area contributed by atoms with Crippen LogP contribution in [-0.4, -0.2) is 10.9 Å². The first kappa shape index (κ1) is 12.7. The molecule has 2 rings (SSSR count). The van der Waals surface area contributed by atoms with E-state index in [-0.39, 0.29) is 5.91 Å². The normalized spacial score (nSPS) is 10.8. The Morgan fingerprint density at radius 3 is 2.71 bits per heavy atom. The van der Waals surface area contributed by atoms with Crippen molar-refractivity contribution in [3.63, 3.8) is 0 Å². The summed E-state index contributed by atoms with van der Waals surface area (Å²) in [5, 5.41) is 3.46. The molecule has 0 saturated heterocycles. The van der Waals surface area contributed by atoms with Crippen molar-refractivity contribution in [1.29, 1.82) is 0 Å². The van der Waals surface area contributed by atoms with Gasteiger partial charge >= 0.3 is 0 Å². The fourth-order valence-electron chi connectivity index (χ4n) is 1.21.